The van der Waals surface area contributed by atoms with E-state index in [-0.39, 0.29) is 46.7 Å². The fraction of sp³-hybridized carbons (Fsp3) is 0.355. The Morgan fingerprint density at radius 2 is 1.70 bits per heavy atom. The maximum absolute atomic E-state index is 14.2. The van der Waals surface area contributed by atoms with E-state index >= 15 is 0 Å². The Hall–Kier alpha value is -4.16. The number of sulfonamides is 1. The zero-order valence-corrected chi connectivity index (χ0v) is 26.9. The molecular weight excluding hydrogens is 608 g/mol. The normalized spacial score (nSPS) is 12.6. The summed E-state index contributed by atoms with van der Waals surface area (Å²) in [6.07, 6.45) is 0.921. The minimum atomic E-state index is -4.52. The molecule has 3 aromatic carbocycles. The highest BCUT2D eigenvalue weighted by molar-refractivity contribution is 7.92. The lowest BCUT2D eigenvalue weighted by Crippen LogP contribution is -2.53. The third kappa shape index (κ3) is 8.06. The van der Waals surface area contributed by atoms with E-state index in [4.69, 9.17) is 16.3 Å². The molecule has 0 bridgehead atoms. The molecule has 236 valence electrons. The van der Waals surface area contributed by atoms with Crippen LogP contribution in [0.15, 0.2) is 71.6 Å². The third-order valence-corrected chi connectivity index (χ3v) is 9.43. The number of hydrogen-bond donors (Lipinski definition) is 1. The average Bonchev–Trinajstić information content (AvgIpc) is 3.00. The first kappa shape index (κ1) is 34.3. The average molecular weight is 645 g/mol. The van der Waals surface area contributed by atoms with Crippen LogP contribution in [0.4, 0.5) is 11.4 Å². The third-order valence-electron chi connectivity index (χ3n) is 7.29. The fourth-order valence-corrected chi connectivity index (χ4v) is 6.15. The number of nitrogens with zero attached hydrogens (tertiary/aromatic N) is 3. The summed E-state index contributed by atoms with van der Waals surface area (Å²) in [6, 6.07) is 15.4. The molecule has 0 radical (unpaired) electrons. The molecule has 1 N–H and O–H groups in total. The molecule has 0 spiro atoms. The lowest BCUT2D eigenvalue weighted by atomic mass is 10.1. The number of anilines is 1. The second kappa shape index (κ2) is 15.0. The van der Waals surface area contributed by atoms with E-state index in [9.17, 15) is 28.1 Å². The van der Waals surface area contributed by atoms with Gasteiger partial charge in [0.25, 0.3) is 15.7 Å². The fourth-order valence-electron chi connectivity index (χ4n) is 4.52. The summed E-state index contributed by atoms with van der Waals surface area (Å²) in [7, 11) is -3.06. The number of amides is 2. The number of nitrogens with one attached hydrogen (secondary N) is 1. The second-order valence-electron chi connectivity index (χ2n) is 10.3. The number of methoxy groups -OCH3 is 1. The Morgan fingerprint density at radius 3 is 2.27 bits per heavy atom. The number of aryl methyl sites for hydroxylation is 1. The number of benzene rings is 3. The number of carbonyl (C=O) groups excluding carboxylic acids is 2. The van der Waals surface area contributed by atoms with Crippen LogP contribution in [-0.2, 0) is 26.2 Å². The van der Waals surface area contributed by atoms with Gasteiger partial charge in [-0.3, -0.25) is 24.0 Å². The summed E-state index contributed by atoms with van der Waals surface area (Å²) in [5.74, 6) is -0.594. The van der Waals surface area contributed by atoms with E-state index < -0.39 is 33.4 Å². The van der Waals surface area contributed by atoms with Crippen LogP contribution < -0.4 is 14.4 Å². The molecule has 0 unspecified atom stereocenters. The number of rotatable bonds is 14. The summed E-state index contributed by atoms with van der Waals surface area (Å²) in [6.45, 7) is 6.28. The van der Waals surface area contributed by atoms with Crippen molar-refractivity contribution in [1.82, 2.24) is 10.2 Å². The Kier molecular flexibility index (Phi) is 11.7. The summed E-state index contributed by atoms with van der Waals surface area (Å²) >= 11 is 6.43. The van der Waals surface area contributed by atoms with Crippen molar-refractivity contribution in [3.63, 3.8) is 0 Å². The zero-order chi connectivity index (χ0) is 32.6. The van der Waals surface area contributed by atoms with Crippen molar-refractivity contribution in [3.8, 4) is 5.75 Å². The number of ether oxygens (including phenoxy) is 1. The van der Waals surface area contributed by atoms with Crippen molar-refractivity contribution in [2.45, 2.75) is 64.1 Å². The van der Waals surface area contributed by atoms with Crippen molar-refractivity contribution in [1.29, 1.82) is 0 Å². The van der Waals surface area contributed by atoms with Crippen molar-refractivity contribution in [2.24, 2.45) is 0 Å². The molecule has 0 aliphatic rings. The Bertz CT molecular complexity index is 1600. The molecule has 0 aliphatic carbocycles. The van der Waals surface area contributed by atoms with Gasteiger partial charge in [0.2, 0.25) is 11.8 Å². The molecule has 3 aromatic rings. The van der Waals surface area contributed by atoms with Gasteiger partial charge in [0.05, 0.1) is 22.6 Å². The molecule has 0 aromatic heterocycles. The van der Waals surface area contributed by atoms with Gasteiger partial charge in [-0.1, -0.05) is 49.7 Å². The van der Waals surface area contributed by atoms with E-state index in [1.807, 2.05) is 13.8 Å². The Labute approximate surface area is 263 Å². The predicted molar refractivity (Wildman–Crippen MR) is 169 cm³/mol. The number of nitro groups is 1. The lowest BCUT2D eigenvalue weighted by Gasteiger charge is -2.34. The highest BCUT2D eigenvalue weighted by atomic mass is 35.5. The van der Waals surface area contributed by atoms with Crippen LogP contribution >= 0.6 is 11.6 Å². The molecule has 11 nitrogen and oxygen atoms in total. The first-order chi connectivity index (χ1) is 20.8. The van der Waals surface area contributed by atoms with Crippen LogP contribution in [0.1, 0.15) is 44.7 Å². The molecule has 0 saturated heterocycles. The van der Waals surface area contributed by atoms with Crippen molar-refractivity contribution < 1.29 is 27.7 Å². The first-order valence-electron chi connectivity index (χ1n) is 14.1. The molecular formula is C31H37ClN4O7S. The van der Waals surface area contributed by atoms with Crippen LogP contribution in [0.5, 0.6) is 5.75 Å². The van der Waals surface area contributed by atoms with Crippen LogP contribution in [0.3, 0.4) is 0 Å². The largest absolute Gasteiger partial charge is 0.497 e. The number of hydrogen-bond acceptors (Lipinski definition) is 7. The summed E-state index contributed by atoms with van der Waals surface area (Å²) in [5.41, 5.74) is 0.604. The highest BCUT2D eigenvalue weighted by Gasteiger charge is 2.35. The zero-order valence-electron chi connectivity index (χ0n) is 25.3. The van der Waals surface area contributed by atoms with Crippen molar-refractivity contribution in [2.75, 3.05) is 18.0 Å². The van der Waals surface area contributed by atoms with E-state index in [2.05, 4.69) is 5.32 Å². The van der Waals surface area contributed by atoms with Gasteiger partial charge in [-0.25, -0.2) is 8.42 Å². The monoisotopic (exact) mass is 644 g/mol. The van der Waals surface area contributed by atoms with Gasteiger partial charge >= 0.3 is 0 Å². The number of halogens is 1. The molecule has 3 rings (SSSR count). The molecule has 0 heterocycles. The molecule has 2 atom stereocenters. The molecule has 2 amide bonds. The Balaban J connectivity index is 2.13. The van der Waals surface area contributed by atoms with Gasteiger partial charge in [0, 0.05) is 29.2 Å². The number of carbonyl (C=O) groups is 2. The standard InChI is InChI=1S/C31H37ClN4O7S/c1-6-22(4)33-31(38)28(7-2)34(19-23-10-8-9-11-27(23)32)30(37)20-35(24-13-15-25(43-5)16-14-24)44(41,42)26-17-12-21(3)29(18-26)36(39)40/h8-18,22,28H,6-7,19-20H2,1-5H3,(H,33,38)/t22-,28-/m0/s1. The van der Waals surface area contributed by atoms with Gasteiger partial charge in [-0.05, 0) is 68.7 Å². The van der Waals surface area contributed by atoms with Crippen molar-refractivity contribution in [3.05, 3.63) is 93.0 Å². The van der Waals surface area contributed by atoms with Crippen molar-refractivity contribution >= 4 is 44.8 Å². The van der Waals surface area contributed by atoms with E-state index in [1.165, 1.54) is 55.3 Å². The van der Waals surface area contributed by atoms with Gasteiger partial charge in [-0.2, -0.15) is 0 Å². The summed E-state index contributed by atoms with van der Waals surface area (Å²) in [5, 5.41) is 14.9. The first-order valence-corrected chi connectivity index (χ1v) is 15.9. The van der Waals surface area contributed by atoms with Gasteiger partial charge in [0.1, 0.15) is 18.3 Å². The number of nitro benzene ring substituents is 1. The molecule has 13 heteroatoms. The predicted octanol–water partition coefficient (Wildman–Crippen LogP) is 5.48. The lowest BCUT2D eigenvalue weighted by molar-refractivity contribution is -0.385. The Morgan fingerprint density at radius 1 is 1.05 bits per heavy atom. The van der Waals surface area contributed by atoms with Crippen LogP contribution in [0.25, 0.3) is 0 Å². The quantitative estimate of drug-likeness (QED) is 0.181. The smallest absolute Gasteiger partial charge is 0.273 e. The summed E-state index contributed by atoms with van der Waals surface area (Å²) in [4.78, 5) is 39.5. The van der Waals surface area contributed by atoms with Crippen LogP contribution in [-0.4, -0.2) is 55.8 Å². The van der Waals surface area contributed by atoms with Gasteiger partial charge in [-0.15, -0.1) is 0 Å². The van der Waals surface area contributed by atoms with Gasteiger partial charge < -0.3 is 15.0 Å². The van der Waals surface area contributed by atoms with Crippen LogP contribution in [0, 0.1) is 17.0 Å². The second-order valence-corrected chi connectivity index (χ2v) is 12.5. The minimum Gasteiger partial charge on any atom is -0.497 e. The maximum Gasteiger partial charge on any atom is 0.273 e. The molecule has 0 fully saturated rings. The minimum absolute atomic E-state index is 0.0581. The molecule has 44 heavy (non-hydrogen) atoms. The topological polar surface area (TPSA) is 139 Å². The molecule has 0 aliphatic heterocycles. The molecule has 0 saturated carbocycles. The van der Waals surface area contributed by atoms with E-state index in [1.54, 1.807) is 31.2 Å². The van der Waals surface area contributed by atoms with Gasteiger partial charge in [0.15, 0.2) is 0 Å². The summed E-state index contributed by atoms with van der Waals surface area (Å²) < 4.78 is 34.3. The highest BCUT2D eigenvalue weighted by Crippen LogP contribution is 2.30. The van der Waals surface area contributed by atoms with E-state index in [0.717, 1.165) is 10.4 Å². The SMILES string of the molecule is CC[C@H](C)NC(=O)[C@H](CC)N(Cc1ccccc1Cl)C(=O)CN(c1ccc(OC)cc1)S(=O)(=O)c1ccc(C)c([N+](=O)[O-])c1. The van der Waals surface area contributed by atoms with E-state index in [0.29, 0.717) is 22.8 Å². The maximum atomic E-state index is 14.2. The van der Waals surface area contributed by atoms with Crippen LogP contribution in [0.2, 0.25) is 5.02 Å².